The summed E-state index contributed by atoms with van der Waals surface area (Å²) >= 11 is 1.63. The molecule has 2 rings (SSSR count). The van der Waals surface area contributed by atoms with Crippen molar-refractivity contribution in [2.24, 2.45) is 0 Å². The molecular formula is C16H17N3S. The van der Waals surface area contributed by atoms with Crippen molar-refractivity contribution >= 4 is 23.1 Å². The average molecular weight is 283 g/mol. The van der Waals surface area contributed by atoms with Gasteiger partial charge in [-0.25, -0.2) is 0 Å². The predicted molar refractivity (Wildman–Crippen MR) is 84.3 cm³/mol. The SMILES string of the molecule is CCS/C=C(\C#N)[n+]1ccccc1.Nc1[c-]cccc1. The lowest BCUT2D eigenvalue weighted by Gasteiger charge is -1.93. The maximum absolute atomic E-state index is 8.85. The van der Waals surface area contributed by atoms with E-state index < -0.39 is 0 Å². The summed E-state index contributed by atoms with van der Waals surface area (Å²) in [6, 6.07) is 18.1. The van der Waals surface area contributed by atoms with Crippen LogP contribution in [0.1, 0.15) is 6.92 Å². The summed E-state index contributed by atoms with van der Waals surface area (Å²) in [6.45, 7) is 2.06. The van der Waals surface area contributed by atoms with Crippen molar-refractivity contribution in [3.63, 3.8) is 0 Å². The molecule has 0 aliphatic carbocycles. The second-order valence-corrected chi connectivity index (χ2v) is 4.82. The molecule has 0 aliphatic rings. The Hall–Kier alpha value is -2.25. The van der Waals surface area contributed by atoms with Crippen LogP contribution < -0.4 is 10.3 Å². The highest BCUT2D eigenvalue weighted by atomic mass is 32.2. The molecule has 0 unspecified atom stereocenters. The highest BCUT2D eigenvalue weighted by Crippen LogP contribution is 2.05. The Labute approximate surface area is 124 Å². The molecule has 0 saturated carbocycles. The van der Waals surface area contributed by atoms with Crippen molar-refractivity contribution in [3.05, 3.63) is 66.3 Å². The van der Waals surface area contributed by atoms with Crippen LogP contribution in [0, 0.1) is 17.4 Å². The number of pyridine rings is 1. The fraction of sp³-hybridized carbons (Fsp3) is 0.125. The summed E-state index contributed by atoms with van der Waals surface area (Å²) in [6.07, 6.45) is 3.73. The van der Waals surface area contributed by atoms with E-state index in [4.69, 9.17) is 11.0 Å². The fourth-order valence-corrected chi connectivity index (χ4v) is 1.77. The van der Waals surface area contributed by atoms with Crippen LogP contribution in [0.2, 0.25) is 0 Å². The number of thioether (sulfide) groups is 1. The topological polar surface area (TPSA) is 53.7 Å². The van der Waals surface area contributed by atoms with Gasteiger partial charge in [0.05, 0.1) is 5.41 Å². The number of nitrogens with two attached hydrogens (primary N) is 1. The second kappa shape index (κ2) is 9.65. The molecule has 2 aromatic rings. The number of benzene rings is 1. The average Bonchev–Trinajstić information content (AvgIpc) is 2.50. The van der Waals surface area contributed by atoms with Crippen molar-refractivity contribution in [1.29, 1.82) is 5.26 Å². The summed E-state index contributed by atoms with van der Waals surface area (Å²) in [5.74, 6) is 0.985. The molecule has 4 heteroatoms. The molecule has 1 aromatic heterocycles. The van der Waals surface area contributed by atoms with Crippen molar-refractivity contribution < 1.29 is 4.57 Å². The van der Waals surface area contributed by atoms with Crippen LogP contribution in [0.4, 0.5) is 5.69 Å². The first-order chi connectivity index (χ1) is 9.77. The summed E-state index contributed by atoms with van der Waals surface area (Å²) < 4.78 is 1.81. The van der Waals surface area contributed by atoms with E-state index in [1.807, 2.05) is 52.7 Å². The Kier molecular flexibility index (Phi) is 7.63. The van der Waals surface area contributed by atoms with E-state index in [0.29, 0.717) is 11.4 Å². The smallest absolute Gasteiger partial charge is 0.295 e. The first-order valence-electron chi connectivity index (χ1n) is 6.18. The number of para-hydroxylation sites is 1. The van der Waals surface area contributed by atoms with E-state index in [1.165, 1.54) is 0 Å². The number of allylic oxidation sites excluding steroid dienone is 1. The molecule has 0 amide bonds. The Morgan fingerprint density at radius 1 is 1.35 bits per heavy atom. The van der Waals surface area contributed by atoms with Crippen LogP contribution in [-0.4, -0.2) is 5.75 Å². The summed E-state index contributed by atoms with van der Waals surface area (Å²) in [5, 5.41) is 10.7. The quantitative estimate of drug-likeness (QED) is 0.407. The van der Waals surface area contributed by atoms with E-state index >= 15 is 0 Å². The standard InChI is InChI=1S/C10H11N2S.C6H6N/c1-2-13-9-10(8-11)12-6-4-3-5-7-12;7-6-4-2-1-3-5-6/h3-7,9H,2H2,1H3;1-4H,7H2/q+1;-1/b10-9+;. The molecule has 0 fully saturated rings. The van der Waals surface area contributed by atoms with Gasteiger partial charge in [0, 0.05) is 12.1 Å². The predicted octanol–water partition coefficient (Wildman–Crippen LogP) is 3.12. The van der Waals surface area contributed by atoms with Crippen LogP contribution in [-0.2, 0) is 0 Å². The van der Waals surface area contributed by atoms with E-state index in [9.17, 15) is 0 Å². The van der Waals surface area contributed by atoms with Gasteiger partial charge >= 0.3 is 0 Å². The Morgan fingerprint density at radius 2 is 2.10 bits per heavy atom. The maximum Gasteiger partial charge on any atom is 0.295 e. The van der Waals surface area contributed by atoms with Crippen LogP contribution in [0.3, 0.4) is 0 Å². The molecule has 0 spiro atoms. The van der Waals surface area contributed by atoms with Gasteiger partial charge in [-0.05, 0) is 5.75 Å². The van der Waals surface area contributed by atoms with Crippen LogP contribution in [0.25, 0.3) is 5.70 Å². The number of anilines is 1. The van der Waals surface area contributed by atoms with Gasteiger partial charge in [-0.2, -0.15) is 34.1 Å². The van der Waals surface area contributed by atoms with Gasteiger partial charge in [0.1, 0.15) is 0 Å². The molecule has 0 atom stereocenters. The lowest BCUT2D eigenvalue weighted by Crippen LogP contribution is -2.29. The normalized spacial score (nSPS) is 10.1. The molecule has 0 saturated heterocycles. The minimum absolute atomic E-state index is 0.660. The molecule has 1 heterocycles. The van der Waals surface area contributed by atoms with Gasteiger partial charge in [-0.1, -0.05) is 18.7 Å². The Morgan fingerprint density at radius 3 is 2.55 bits per heavy atom. The maximum atomic E-state index is 8.85. The molecule has 20 heavy (non-hydrogen) atoms. The first-order valence-corrected chi connectivity index (χ1v) is 7.23. The van der Waals surface area contributed by atoms with E-state index in [-0.39, 0.29) is 0 Å². The number of rotatable bonds is 3. The van der Waals surface area contributed by atoms with E-state index in [1.54, 1.807) is 23.9 Å². The van der Waals surface area contributed by atoms with Gasteiger partial charge in [-0.3, -0.25) is 0 Å². The van der Waals surface area contributed by atoms with Gasteiger partial charge in [0.15, 0.2) is 18.5 Å². The van der Waals surface area contributed by atoms with Gasteiger partial charge in [0.2, 0.25) is 0 Å². The lowest BCUT2D eigenvalue weighted by molar-refractivity contribution is -0.577. The molecule has 1 aromatic carbocycles. The molecule has 0 radical (unpaired) electrons. The largest absolute Gasteiger partial charge is 0.420 e. The number of hydrogen-bond acceptors (Lipinski definition) is 3. The van der Waals surface area contributed by atoms with Crippen LogP contribution in [0.5, 0.6) is 0 Å². The van der Waals surface area contributed by atoms with Crippen LogP contribution >= 0.6 is 11.8 Å². The third-order valence-corrected chi connectivity index (χ3v) is 2.93. The van der Waals surface area contributed by atoms with Crippen molar-refractivity contribution in [1.82, 2.24) is 0 Å². The van der Waals surface area contributed by atoms with Gasteiger partial charge < -0.3 is 5.73 Å². The zero-order valence-corrected chi connectivity index (χ0v) is 12.2. The van der Waals surface area contributed by atoms with Crippen molar-refractivity contribution in [3.8, 4) is 6.07 Å². The minimum Gasteiger partial charge on any atom is -0.420 e. The highest BCUT2D eigenvalue weighted by Gasteiger charge is 2.05. The first kappa shape index (κ1) is 15.8. The second-order valence-electron chi connectivity index (χ2n) is 3.67. The Bertz CT molecular complexity index is 559. The number of nitrogen functional groups attached to an aromatic ring is 1. The number of hydrogen-bond donors (Lipinski definition) is 1. The molecule has 0 bridgehead atoms. The van der Waals surface area contributed by atoms with Crippen LogP contribution in [0.15, 0.2) is 60.3 Å². The minimum atomic E-state index is 0.660. The van der Waals surface area contributed by atoms with E-state index in [0.717, 1.165) is 5.75 Å². The molecule has 3 nitrogen and oxygen atoms in total. The molecular weight excluding hydrogens is 266 g/mol. The third kappa shape index (κ3) is 6.07. The molecule has 2 N–H and O–H groups in total. The van der Waals surface area contributed by atoms with Gasteiger partial charge in [-0.15, -0.1) is 17.8 Å². The zero-order valence-electron chi connectivity index (χ0n) is 11.4. The third-order valence-electron chi connectivity index (χ3n) is 2.20. The monoisotopic (exact) mass is 283 g/mol. The summed E-state index contributed by atoms with van der Waals surface area (Å²) in [7, 11) is 0. The number of aromatic nitrogens is 1. The number of nitriles is 1. The fourth-order valence-electron chi connectivity index (χ4n) is 1.27. The van der Waals surface area contributed by atoms with Gasteiger partial charge in [0.25, 0.3) is 5.70 Å². The van der Waals surface area contributed by atoms with Crippen molar-refractivity contribution in [2.75, 3.05) is 11.5 Å². The zero-order chi connectivity index (χ0) is 14.6. The lowest BCUT2D eigenvalue weighted by atomic mass is 10.3. The molecule has 102 valence electrons. The van der Waals surface area contributed by atoms with Crippen molar-refractivity contribution in [2.45, 2.75) is 6.92 Å². The summed E-state index contributed by atoms with van der Waals surface area (Å²) in [4.78, 5) is 0. The highest BCUT2D eigenvalue weighted by molar-refractivity contribution is 8.02. The Balaban J connectivity index is 0.000000240. The molecule has 0 aliphatic heterocycles. The summed E-state index contributed by atoms with van der Waals surface area (Å²) in [5.41, 5.74) is 6.66. The number of nitrogens with zero attached hydrogens (tertiary/aromatic N) is 2. The van der Waals surface area contributed by atoms with E-state index in [2.05, 4.69) is 19.1 Å².